The maximum Gasteiger partial charge on any atom is 0.150 e. The van der Waals surface area contributed by atoms with Crippen molar-refractivity contribution >= 4 is 18.3 Å². The van der Waals surface area contributed by atoms with Gasteiger partial charge in [-0.2, -0.15) is 0 Å². The first-order chi connectivity index (χ1) is 8.65. The number of anilines is 1. The van der Waals surface area contributed by atoms with Gasteiger partial charge >= 0.3 is 0 Å². The van der Waals surface area contributed by atoms with E-state index in [1.807, 2.05) is 19.1 Å². The zero-order valence-electron chi connectivity index (χ0n) is 10.0. The molecule has 2 rings (SSSR count). The summed E-state index contributed by atoms with van der Waals surface area (Å²) in [5, 5.41) is 0. The zero-order valence-corrected chi connectivity index (χ0v) is 10.0. The van der Waals surface area contributed by atoms with E-state index in [9.17, 15) is 9.59 Å². The van der Waals surface area contributed by atoms with Gasteiger partial charge in [0.05, 0.1) is 0 Å². The summed E-state index contributed by atoms with van der Waals surface area (Å²) in [4.78, 5) is 21.9. The Labute approximate surface area is 105 Å². The average Bonchev–Trinajstić information content (AvgIpc) is 2.40. The number of hydrogen-bond acceptors (Lipinski definition) is 3. The maximum atomic E-state index is 11.1. The van der Waals surface area contributed by atoms with Gasteiger partial charge in [0, 0.05) is 22.4 Å². The van der Waals surface area contributed by atoms with Crippen LogP contribution < -0.4 is 5.73 Å². The van der Waals surface area contributed by atoms with Crippen LogP contribution in [0.25, 0.3) is 11.1 Å². The molecular formula is C15H13NO2. The molecule has 0 radical (unpaired) electrons. The van der Waals surface area contributed by atoms with Crippen LogP contribution in [0.1, 0.15) is 26.3 Å². The van der Waals surface area contributed by atoms with E-state index in [0.717, 1.165) is 23.7 Å². The molecule has 0 spiro atoms. The van der Waals surface area contributed by atoms with Crippen LogP contribution in [0.5, 0.6) is 0 Å². The van der Waals surface area contributed by atoms with Gasteiger partial charge in [-0.25, -0.2) is 0 Å². The lowest BCUT2D eigenvalue weighted by Gasteiger charge is -2.10. The number of aryl methyl sites for hydroxylation is 1. The monoisotopic (exact) mass is 239 g/mol. The molecule has 0 saturated carbocycles. The van der Waals surface area contributed by atoms with Crippen molar-refractivity contribution in [1.82, 2.24) is 0 Å². The first-order valence-corrected chi connectivity index (χ1v) is 5.56. The summed E-state index contributed by atoms with van der Waals surface area (Å²) >= 11 is 0. The minimum Gasteiger partial charge on any atom is -0.398 e. The van der Waals surface area contributed by atoms with Crippen LogP contribution in [0, 0.1) is 6.92 Å². The number of nitrogens with two attached hydrogens (primary N) is 1. The fourth-order valence-corrected chi connectivity index (χ4v) is 1.89. The molecule has 18 heavy (non-hydrogen) atoms. The highest BCUT2D eigenvalue weighted by molar-refractivity contribution is 5.93. The molecule has 0 amide bonds. The van der Waals surface area contributed by atoms with E-state index in [2.05, 4.69) is 0 Å². The van der Waals surface area contributed by atoms with Crippen molar-refractivity contribution < 1.29 is 9.59 Å². The van der Waals surface area contributed by atoms with E-state index < -0.39 is 0 Å². The Bertz CT molecular complexity index is 618. The topological polar surface area (TPSA) is 60.2 Å². The van der Waals surface area contributed by atoms with Crippen molar-refractivity contribution in [2.75, 3.05) is 5.73 Å². The summed E-state index contributed by atoms with van der Waals surface area (Å²) in [6.45, 7) is 1.95. The van der Waals surface area contributed by atoms with Gasteiger partial charge in [0.15, 0.2) is 6.29 Å². The molecule has 0 bridgehead atoms. The van der Waals surface area contributed by atoms with Gasteiger partial charge in [-0.3, -0.25) is 9.59 Å². The van der Waals surface area contributed by atoms with Crippen LogP contribution in [0.2, 0.25) is 0 Å². The number of carbonyl (C=O) groups is 2. The zero-order chi connectivity index (χ0) is 13.1. The van der Waals surface area contributed by atoms with E-state index >= 15 is 0 Å². The fourth-order valence-electron chi connectivity index (χ4n) is 1.89. The molecule has 2 N–H and O–H groups in total. The van der Waals surface area contributed by atoms with Crippen molar-refractivity contribution in [1.29, 1.82) is 0 Å². The minimum atomic E-state index is 0.525. The molecule has 0 aliphatic heterocycles. The van der Waals surface area contributed by atoms with Crippen LogP contribution in [0.3, 0.4) is 0 Å². The molecule has 3 nitrogen and oxygen atoms in total. The number of nitrogen functional groups attached to an aromatic ring is 1. The third-order valence-electron chi connectivity index (χ3n) is 2.84. The summed E-state index contributed by atoms with van der Waals surface area (Å²) in [5.74, 6) is 0. The quantitative estimate of drug-likeness (QED) is 0.661. The van der Waals surface area contributed by atoms with Gasteiger partial charge in [0.25, 0.3) is 0 Å². The molecule has 0 heterocycles. The first-order valence-electron chi connectivity index (χ1n) is 5.56. The van der Waals surface area contributed by atoms with Crippen molar-refractivity contribution in [3.63, 3.8) is 0 Å². The molecule has 3 heteroatoms. The smallest absolute Gasteiger partial charge is 0.150 e. The molecular weight excluding hydrogens is 226 g/mol. The lowest BCUT2D eigenvalue weighted by Crippen LogP contribution is -1.95. The van der Waals surface area contributed by atoms with Gasteiger partial charge in [-0.05, 0) is 30.7 Å². The molecule has 0 unspecified atom stereocenters. The highest BCUT2D eigenvalue weighted by Crippen LogP contribution is 2.29. The largest absolute Gasteiger partial charge is 0.398 e. The van der Waals surface area contributed by atoms with E-state index in [0.29, 0.717) is 22.4 Å². The van der Waals surface area contributed by atoms with Gasteiger partial charge in [0.2, 0.25) is 0 Å². The molecule has 0 saturated heterocycles. The Morgan fingerprint density at radius 3 is 2.39 bits per heavy atom. The van der Waals surface area contributed by atoms with Crippen LogP contribution in [0.15, 0.2) is 36.4 Å². The van der Waals surface area contributed by atoms with Crippen LogP contribution in [-0.2, 0) is 0 Å². The highest BCUT2D eigenvalue weighted by Gasteiger charge is 2.09. The Balaban J connectivity index is 2.71. The van der Waals surface area contributed by atoms with Gasteiger partial charge in [-0.15, -0.1) is 0 Å². The van der Waals surface area contributed by atoms with E-state index in [1.54, 1.807) is 24.3 Å². The lowest BCUT2D eigenvalue weighted by atomic mass is 9.95. The summed E-state index contributed by atoms with van der Waals surface area (Å²) in [7, 11) is 0. The molecule has 2 aromatic carbocycles. The standard InChI is InChI=1S/C15H13NO2/c1-10-2-5-15(16)14(6-10)13-7-11(8-17)3-4-12(13)9-18/h2-9H,16H2,1H3. The summed E-state index contributed by atoms with van der Waals surface area (Å²) < 4.78 is 0. The van der Waals surface area contributed by atoms with Crippen LogP contribution >= 0.6 is 0 Å². The molecule has 0 aromatic heterocycles. The second-order valence-corrected chi connectivity index (χ2v) is 4.17. The predicted octanol–water partition coefficient (Wildman–Crippen LogP) is 2.87. The SMILES string of the molecule is Cc1ccc(N)c(-c2cc(C=O)ccc2C=O)c1. The number of aldehydes is 2. The lowest BCUT2D eigenvalue weighted by molar-refractivity contribution is 0.111. The molecule has 0 aliphatic carbocycles. The van der Waals surface area contributed by atoms with Crippen molar-refractivity contribution in [2.45, 2.75) is 6.92 Å². The predicted molar refractivity (Wildman–Crippen MR) is 71.8 cm³/mol. The van der Waals surface area contributed by atoms with E-state index in [4.69, 9.17) is 5.73 Å². The molecule has 0 aliphatic rings. The Hall–Kier alpha value is -2.42. The molecule has 0 fully saturated rings. The normalized spacial score (nSPS) is 10.1. The summed E-state index contributed by atoms with van der Waals surface area (Å²) in [6, 6.07) is 10.5. The fraction of sp³-hybridized carbons (Fsp3) is 0.0667. The molecule has 90 valence electrons. The third-order valence-corrected chi connectivity index (χ3v) is 2.84. The van der Waals surface area contributed by atoms with Crippen molar-refractivity contribution in [2.24, 2.45) is 0 Å². The molecule has 2 aromatic rings. The number of carbonyl (C=O) groups excluding carboxylic acids is 2. The second-order valence-electron chi connectivity index (χ2n) is 4.17. The summed E-state index contributed by atoms with van der Waals surface area (Å²) in [6.07, 6.45) is 1.52. The highest BCUT2D eigenvalue weighted by atomic mass is 16.1. The van der Waals surface area contributed by atoms with Crippen molar-refractivity contribution in [3.8, 4) is 11.1 Å². The first kappa shape index (κ1) is 12.0. The summed E-state index contributed by atoms with van der Waals surface area (Å²) in [5.41, 5.74) is 10.1. The van der Waals surface area contributed by atoms with Crippen LogP contribution in [-0.4, -0.2) is 12.6 Å². The number of hydrogen-bond donors (Lipinski definition) is 1. The Morgan fingerprint density at radius 2 is 1.72 bits per heavy atom. The van der Waals surface area contributed by atoms with Gasteiger partial charge < -0.3 is 5.73 Å². The number of benzene rings is 2. The molecule has 0 atom stereocenters. The van der Waals surface area contributed by atoms with E-state index in [1.165, 1.54) is 0 Å². The van der Waals surface area contributed by atoms with E-state index in [-0.39, 0.29) is 0 Å². The van der Waals surface area contributed by atoms with Gasteiger partial charge in [-0.1, -0.05) is 23.8 Å². The van der Waals surface area contributed by atoms with Gasteiger partial charge in [0.1, 0.15) is 6.29 Å². The van der Waals surface area contributed by atoms with Crippen molar-refractivity contribution in [3.05, 3.63) is 53.1 Å². The Morgan fingerprint density at radius 1 is 0.944 bits per heavy atom. The average molecular weight is 239 g/mol. The number of rotatable bonds is 3. The minimum absolute atomic E-state index is 0.525. The van der Waals surface area contributed by atoms with Crippen LogP contribution in [0.4, 0.5) is 5.69 Å². The third kappa shape index (κ3) is 2.15. The maximum absolute atomic E-state index is 11.1. The second kappa shape index (κ2) is 4.84. The Kier molecular flexibility index (Phi) is 3.24.